The second-order valence-corrected chi connectivity index (χ2v) is 3.57. The van der Waals surface area contributed by atoms with Crippen LogP contribution in [-0.4, -0.2) is 32.3 Å². The molecule has 1 amide bonds. The van der Waals surface area contributed by atoms with Crippen molar-refractivity contribution in [2.24, 2.45) is 5.73 Å². The molecule has 0 radical (unpaired) electrons. The summed E-state index contributed by atoms with van der Waals surface area (Å²) in [6.07, 6.45) is 0. The van der Waals surface area contributed by atoms with Gasteiger partial charge >= 0.3 is 6.61 Å². The third kappa shape index (κ3) is 4.76. The van der Waals surface area contributed by atoms with Gasteiger partial charge in [0.2, 0.25) is 5.91 Å². The molecule has 1 atom stereocenters. The van der Waals surface area contributed by atoms with Crippen LogP contribution in [0.5, 0.6) is 5.75 Å². The van der Waals surface area contributed by atoms with Crippen molar-refractivity contribution in [3.05, 3.63) is 24.0 Å². The lowest BCUT2D eigenvalue weighted by Crippen LogP contribution is -2.39. The minimum atomic E-state index is -3.12. The molecule has 106 valence electrons. The Morgan fingerprint density at radius 1 is 1.47 bits per heavy atom. The second kappa shape index (κ2) is 6.95. The number of amides is 1. The van der Waals surface area contributed by atoms with Gasteiger partial charge < -0.3 is 20.5 Å². The average Bonchev–Trinajstić information content (AvgIpc) is 2.32. The molecule has 0 aliphatic rings. The molecule has 0 saturated carbocycles. The molecule has 0 aromatic heterocycles. The van der Waals surface area contributed by atoms with Crippen LogP contribution in [-0.2, 0) is 9.53 Å². The fraction of sp³-hybridized carbons (Fsp3) is 0.364. The standard InChI is InChI=1S/C11H13F3N2O3/c1-18-5-8(15)10(17)16-6-2-3-9(7(12)4-6)19-11(13)14/h2-4,8,11H,5,15H2,1H3,(H,16,17). The van der Waals surface area contributed by atoms with Gasteiger partial charge in [0.15, 0.2) is 11.6 Å². The van der Waals surface area contributed by atoms with E-state index in [0.717, 1.165) is 12.1 Å². The van der Waals surface area contributed by atoms with Crippen LogP contribution in [0.4, 0.5) is 18.9 Å². The highest BCUT2D eigenvalue weighted by Crippen LogP contribution is 2.22. The Labute approximate surface area is 107 Å². The minimum absolute atomic E-state index is 0.000886. The van der Waals surface area contributed by atoms with Crippen LogP contribution < -0.4 is 15.8 Å². The number of ether oxygens (including phenoxy) is 2. The van der Waals surface area contributed by atoms with E-state index in [1.54, 1.807) is 0 Å². The summed E-state index contributed by atoms with van der Waals surface area (Å²) in [7, 11) is 1.38. The first-order valence-electron chi connectivity index (χ1n) is 5.23. The van der Waals surface area contributed by atoms with Crippen molar-refractivity contribution in [1.82, 2.24) is 0 Å². The van der Waals surface area contributed by atoms with Crippen LogP contribution in [0.3, 0.4) is 0 Å². The number of carbonyl (C=O) groups is 1. The van der Waals surface area contributed by atoms with Gasteiger partial charge in [-0.25, -0.2) is 4.39 Å². The fourth-order valence-electron chi connectivity index (χ4n) is 1.26. The van der Waals surface area contributed by atoms with Gasteiger partial charge in [-0.3, -0.25) is 4.79 Å². The Morgan fingerprint density at radius 3 is 2.68 bits per heavy atom. The number of alkyl halides is 2. The zero-order valence-corrected chi connectivity index (χ0v) is 10.0. The van der Waals surface area contributed by atoms with Gasteiger partial charge in [0.1, 0.15) is 6.04 Å². The number of methoxy groups -OCH3 is 1. The van der Waals surface area contributed by atoms with Crippen molar-refractivity contribution in [3.8, 4) is 5.75 Å². The number of nitrogens with two attached hydrogens (primary N) is 1. The predicted molar refractivity (Wildman–Crippen MR) is 61.5 cm³/mol. The largest absolute Gasteiger partial charge is 0.432 e. The SMILES string of the molecule is COCC(N)C(=O)Nc1ccc(OC(F)F)c(F)c1. The van der Waals surface area contributed by atoms with E-state index in [1.807, 2.05) is 0 Å². The van der Waals surface area contributed by atoms with E-state index in [1.165, 1.54) is 13.2 Å². The van der Waals surface area contributed by atoms with E-state index in [-0.39, 0.29) is 12.3 Å². The molecule has 0 heterocycles. The van der Waals surface area contributed by atoms with Crippen molar-refractivity contribution in [2.75, 3.05) is 19.0 Å². The zero-order valence-electron chi connectivity index (χ0n) is 10.0. The molecular formula is C11H13F3N2O3. The van der Waals surface area contributed by atoms with Crippen LogP contribution in [0.15, 0.2) is 18.2 Å². The Hall–Kier alpha value is -1.80. The lowest BCUT2D eigenvalue weighted by Gasteiger charge is -2.12. The molecule has 0 aliphatic carbocycles. The molecule has 5 nitrogen and oxygen atoms in total. The molecule has 1 rings (SSSR count). The maximum Gasteiger partial charge on any atom is 0.387 e. The van der Waals surface area contributed by atoms with Crippen LogP contribution in [0, 0.1) is 5.82 Å². The molecule has 1 unspecified atom stereocenters. The number of halogens is 3. The van der Waals surface area contributed by atoms with Crippen molar-refractivity contribution in [1.29, 1.82) is 0 Å². The summed E-state index contributed by atoms with van der Waals surface area (Å²) in [6.45, 7) is -3.12. The molecule has 0 aliphatic heterocycles. The molecule has 0 bridgehead atoms. The van der Waals surface area contributed by atoms with Gasteiger partial charge in [-0.15, -0.1) is 0 Å². The number of hydrogen-bond donors (Lipinski definition) is 2. The molecule has 0 saturated heterocycles. The van der Waals surface area contributed by atoms with E-state index in [2.05, 4.69) is 14.8 Å². The average molecular weight is 278 g/mol. The highest BCUT2D eigenvalue weighted by Gasteiger charge is 2.15. The molecule has 0 spiro atoms. The number of carbonyl (C=O) groups excluding carboxylic acids is 1. The van der Waals surface area contributed by atoms with Crippen molar-refractivity contribution in [2.45, 2.75) is 12.7 Å². The number of anilines is 1. The number of benzene rings is 1. The van der Waals surface area contributed by atoms with E-state index in [0.29, 0.717) is 0 Å². The highest BCUT2D eigenvalue weighted by atomic mass is 19.3. The first-order valence-corrected chi connectivity index (χ1v) is 5.23. The molecule has 19 heavy (non-hydrogen) atoms. The van der Waals surface area contributed by atoms with Crippen LogP contribution >= 0.6 is 0 Å². The monoisotopic (exact) mass is 278 g/mol. The second-order valence-electron chi connectivity index (χ2n) is 3.57. The lowest BCUT2D eigenvalue weighted by atomic mass is 10.2. The summed E-state index contributed by atoms with van der Waals surface area (Å²) in [4.78, 5) is 11.5. The summed E-state index contributed by atoms with van der Waals surface area (Å²) >= 11 is 0. The maximum atomic E-state index is 13.3. The van der Waals surface area contributed by atoms with Gasteiger partial charge in [0.05, 0.1) is 6.61 Å². The quantitative estimate of drug-likeness (QED) is 0.823. The Morgan fingerprint density at radius 2 is 2.16 bits per heavy atom. The van der Waals surface area contributed by atoms with Crippen LogP contribution in [0.25, 0.3) is 0 Å². The maximum absolute atomic E-state index is 13.3. The highest BCUT2D eigenvalue weighted by molar-refractivity contribution is 5.94. The van der Waals surface area contributed by atoms with E-state index in [4.69, 9.17) is 5.73 Å². The van der Waals surface area contributed by atoms with Crippen molar-refractivity contribution in [3.63, 3.8) is 0 Å². The van der Waals surface area contributed by atoms with Gasteiger partial charge in [-0.1, -0.05) is 0 Å². The molecular weight excluding hydrogens is 265 g/mol. The molecule has 0 fully saturated rings. The smallest absolute Gasteiger partial charge is 0.387 e. The summed E-state index contributed by atoms with van der Waals surface area (Å²) in [5.41, 5.74) is 5.53. The Balaban J connectivity index is 2.70. The zero-order chi connectivity index (χ0) is 14.4. The number of nitrogens with one attached hydrogen (secondary N) is 1. The van der Waals surface area contributed by atoms with E-state index in [9.17, 15) is 18.0 Å². The molecule has 1 aromatic carbocycles. The van der Waals surface area contributed by atoms with Gasteiger partial charge in [0.25, 0.3) is 0 Å². The van der Waals surface area contributed by atoms with E-state index >= 15 is 0 Å². The predicted octanol–water partition coefficient (Wildman–Crippen LogP) is 1.34. The lowest BCUT2D eigenvalue weighted by molar-refractivity contribution is -0.118. The summed E-state index contributed by atoms with van der Waals surface area (Å²) in [5.74, 6) is -2.20. The van der Waals surface area contributed by atoms with E-state index < -0.39 is 30.1 Å². The topological polar surface area (TPSA) is 73.6 Å². The summed E-state index contributed by atoms with van der Waals surface area (Å²) in [5, 5.41) is 2.32. The summed E-state index contributed by atoms with van der Waals surface area (Å²) in [6, 6.07) is 2.15. The number of rotatable bonds is 6. The summed E-state index contributed by atoms with van der Waals surface area (Å²) < 4.78 is 45.8. The van der Waals surface area contributed by atoms with Gasteiger partial charge in [-0.05, 0) is 12.1 Å². The third-order valence-electron chi connectivity index (χ3n) is 2.10. The number of hydrogen-bond acceptors (Lipinski definition) is 4. The Bertz CT molecular complexity index is 443. The molecule has 3 N–H and O–H groups in total. The van der Waals surface area contributed by atoms with Gasteiger partial charge in [-0.2, -0.15) is 8.78 Å². The molecule has 1 aromatic rings. The molecule has 8 heteroatoms. The van der Waals surface area contributed by atoms with Crippen molar-refractivity contribution < 1.29 is 27.4 Å². The minimum Gasteiger partial charge on any atom is -0.432 e. The van der Waals surface area contributed by atoms with Crippen LogP contribution in [0.1, 0.15) is 0 Å². The first-order chi connectivity index (χ1) is 8.93. The first kappa shape index (κ1) is 15.3. The Kier molecular flexibility index (Phi) is 5.58. The van der Waals surface area contributed by atoms with Crippen LogP contribution in [0.2, 0.25) is 0 Å². The van der Waals surface area contributed by atoms with Gasteiger partial charge in [0, 0.05) is 18.9 Å². The fourth-order valence-corrected chi connectivity index (χ4v) is 1.26. The van der Waals surface area contributed by atoms with Crippen molar-refractivity contribution >= 4 is 11.6 Å². The third-order valence-corrected chi connectivity index (χ3v) is 2.10. The normalized spacial score (nSPS) is 12.3.